The second-order valence-corrected chi connectivity index (χ2v) is 4.92. The predicted octanol–water partition coefficient (Wildman–Crippen LogP) is 0.920. The number of hydrogen-bond acceptors (Lipinski definition) is 4. The average Bonchev–Trinajstić information content (AvgIpc) is 2.25. The molecule has 5 heteroatoms. The molecular weight excluding hydrogens is 232 g/mol. The number of carbonyl (C=O) groups is 1. The van der Waals surface area contributed by atoms with Gasteiger partial charge in [-0.25, -0.2) is 0 Å². The lowest BCUT2D eigenvalue weighted by Crippen LogP contribution is -2.55. The van der Waals surface area contributed by atoms with Crippen molar-refractivity contribution in [1.29, 1.82) is 0 Å². The fourth-order valence-electron chi connectivity index (χ4n) is 2.39. The van der Waals surface area contributed by atoms with Crippen molar-refractivity contribution in [3.63, 3.8) is 0 Å². The van der Waals surface area contributed by atoms with Crippen LogP contribution in [0.15, 0.2) is 18.2 Å². The SMILES string of the molecule is CC1CN(C(=O)c2cc(O)cc(O)c2)CC(C)N1. The Morgan fingerprint density at radius 1 is 1.17 bits per heavy atom. The van der Waals surface area contributed by atoms with Gasteiger partial charge in [-0.05, 0) is 26.0 Å². The van der Waals surface area contributed by atoms with Crippen molar-refractivity contribution in [2.75, 3.05) is 13.1 Å². The third-order valence-corrected chi connectivity index (χ3v) is 2.99. The second kappa shape index (κ2) is 4.86. The van der Waals surface area contributed by atoms with Gasteiger partial charge in [0.2, 0.25) is 0 Å². The number of aromatic hydroxyl groups is 2. The molecule has 2 atom stereocenters. The third kappa shape index (κ3) is 2.73. The van der Waals surface area contributed by atoms with Crippen molar-refractivity contribution >= 4 is 5.91 Å². The maximum absolute atomic E-state index is 12.3. The van der Waals surface area contributed by atoms with E-state index in [1.54, 1.807) is 4.90 Å². The normalized spacial score (nSPS) is 24.0. The fourth-order valence-corrected chi connectivity index (χ4v) is 2.39. The molecule has 1 fully saturated rings. The molecular formula is C13H18N2O3. The summed E-state index contributed by atoms with van der Waals surface area (Å²) in [6.07, 6.45) is 0. The van der Waals surface area contributed by atoms with E-state index in [2.05, 4.69) is 5.32 Å². The first-order valence-corrected chi connectivity index (χ1v) is 6.04. The van der Waals surface area contributed by atoms with Gasteiger partial charge in [0.25, 0.3) is 5.91 Å². The maximum Gasteiger partial charge on any atom is 0.254 e. The Kier molecular flexibility index (Phi) is 3.43. The van der Waals surface area contributed by atoms with Crippen LogP contribution in [0.2, 0.25) is 0 Å². The number of benzene rings is 1. The van der Waals surface area contributed by atoms with Gasteiger partial charge in [0, 0.05) is 36.8 Å². The van der Waals surface area contributed by atoms with Gasteiger partial charge < -0.3 is 20.4 Å². The lowest BCUT2D eigenvalue weighted by molar-refractivity contribution is 0.0673. The molecule has 1 heterocycles. The molecule has 1 aromatic carbocycles. The molecule has 0 aromatic heterocycles. The van der Waals surface area contributed by atoms with E-state index in [4.69, 9.17) is 0 Å². The van der Waals surface area contributed by atoms with Crippen LogP contribution in [0.25, 0.3) is 0 Å². The number of hydrogen-bond donors (Lipinski definition) is 3. The summed E-state index contributed by atoms with van der Waals surface area (Å²) in [5.41, 5.74) is 0.314. The van der Waals surface area contributed by atoms with Crippen LogP contribution in [0.3, 0.4) is 0 Å². The first kappa shape index (κ1) is 12.7. The zero-order chi connectivity index (χ0) is 13.3. The Bertz CT molecular complexity index is 431. The highest BCUT2D eigenvalue weighted by Gasteiger charge is 2.25. The van der Waals surface area contributed by atoms with Crippen molar-refractivity contribution in [2.45, 2.75) is 25.9 Å². The number of nitrogens with zero attached hydrogens (tertiary/aromatic N) is 1. The van der Waals surface area contributed by atoms with Crippen molar-refractivity contribution in [3.8, 4) is 11.5 Å². The first-order chi connectivity index (χ1) is 8.45. The molecule has 1 aliphatic rings. The second-order valence-electron chi connectivity index (χ2n) is 4.92. The highest BCUT2D eigenvalue weighted by atomic mass is 16.3. The molecule has 5 nitrogen and oxygen atoms in total. The molecule has 0 radical (unpaired) electrons. The number of carbonyl (C=O) groups excluding carboxylic acids is 1. The number of phenolic OH excluding ortho intramolecular Hbond substituents is 2. The number of amides is 1. The third-order valence-electron chi connectivity index (χ3n) is 2.99. The van der Waals surface area contributed by atoms with Crippen LogP contribution in [-0.4, -0.2) is 46.2 Å². The summed E-state index contributed by atoms with van der Waals surface area (Å²) in [6.45, 7) is 5.30. The highest BCUT2D eigenvalue weighted by Crippen LogP contribution is 2.22. The predicted molar refractivity (Wildman–Crippen MR) is 67.7 cm³/mol. The molecule has 18 heavy (non-hydrogen) atoms. The minimum atomic E-state index is -0.165. The molecule has 2 unspecified atom stereocenters. The summed E-state index contributed by atoms with van der Waals surface area (Å²) in [4.78, 5) is 14.0. The summed E-state index contributed by atoms with van der Waals surface area (Å²) in [5.74, 6) is -0.370. The number of phenols is 2. The Morgan fingerprint density at radius 3 is 2.17 bits per heavy atom. The van der Waals surface area contributed by atoms with Gasteiger partial charge in [0.15, 0.2) is 0 Å². The minimum absolute atomic E-state index is 0.102. The molecule has 1 aliphatic heterocycles. The van der Waals surface area contributed by atoms with Crippen molar-refractivity contribution < 1.29 is 15.0 Å². The molecule has 0 aliphatic carbocycles. The van der Waals surface area contributed by atoms with Gasteiger partial charge >= 0.3 is 0 Å². The van der Waals surface area contributed by atoms with E-state index in [0.717, 1.165) is 0 Å². The van der Waals surface area contributed by atoms with Gasteiger partial charge in [-0.1, -0.05) is 0 Å². The first-order valence-electron chi connectivity index (χ1n) is 6.04. The topological polar surface area (TPSA) is 72.8 Å². The van der Waals surface area contributed by atoms with Gasteiger partial charge in [-0.15, -0.1) is 0 Å². The molecule has 1 saturated heterocycles. The van der Waals surface area contributed by atoms with Crippen LogP contribution in [0.4, 0.5) is 0 Å². The molecule has 98 valence electrons. The van der Waals surface area contributed by atoms with Crippen LogP contribution in [0.1, 0.15) is 24.2 Å². The quantitative estimate of drug-likeness (QED) is 0.693. The average molecular weight is 250 g/mol. The smallest absolute Gasteiger partial charge is 0.254 e. The summed E-state index contributed by atoms with van der Waals surface area (Å²) in [6, 6.07) is 4.44. The van der Waals surface area contributed by atoms with Crippen LogP contribution in [0.5, 0.6) is 11.5 Å². The largest absolute Gasteiger partial charge is 0.508 e. The van der Waals surface area contributed by atoms with Crippen molar-refractivity contribution in [1.82, 2.24) is 10.2 Å². The monoisotopic (exact) mass is 250 g/mol. The molecule has 1 amide bonds. The minimum Gasteiger partial charge on any atom is -0.508 e. The molecule has 0 spiro atoms. The van der Waals surface area contributed by atoms with Crippen molar-refractivity contribution in [3.05, 3.63) is 23.8 Å². The van der Waals surface area contributed by atoms with Crippen LogP contribution < -0.4 is 5.32 Å². The Morgan fingerprint density at radius 2 is 1.67 bits per heavy atom. The zero-order valence-corrected chi connectivity index (χ0v) is 10.6. The summed E-state index contributed by atoms with van der Waals surface area (Å²) in [5, 5.41) is 22.1. The van der Waals surface area contributed by atoms with Crippen LogP contribution >= 0.6 is 0 Å². The molecule has 2 rings (SSSR count). The summed E-state index contributed by atoms with van der Waals surface area (Å²) in [7, 11) is 0. The van der Waals surface area contributed by atoms with Gasteiger partial charge in [0.1, 0.15) is 11.5 Å². The Balaban J connectivity index is 2.20. The molecule has 0 saturated carbocycles. The van der Waals surface area contributed by atoms with Gasteiger partial charge in [0.05, 0.1) is 0 Å². The van der Waals surface area contributed by atoms with Gasteiger partial charge in [-0.3, -0.25) is 4.79 Å². The van der Waals surface area contributed by atoms with Crippen LogP contribution in [-0.2, 0) is 0 Å². The lowest BCUT2D eigenvalue weighted by atomic mass is 10.1. The number of piperazine rings is 1. The summed E-state index contributed by atoms with van der Waals surface area (Å²) >= 11 is 0. The fraction of sp³-hybridized carbons (Fsp3) is 0.462. The molecule has 3 N–H and O–H groups in total. The number of nitrogens with one attached hydrogen (secondary N) is 1. The van der Waals surface area contributed by atoms with E-state index in [0.29, 0.717) is 18.7 Å². The standard InChI is InChI=1S/C13H18N2O3/c1-8-6-15(7-9(2)14-8)13(18)10-3-11(16)5-12(17)4-10/h3-5,8-9,14,16-17H,6-7H2,1-2H3. The summed E-state index contributed by atoms with van der Waals surface area (Å²) < 4.78 is 0. The van der Waals surface area contributed by atoms with E-state index in [-0.39, 0.29) is 29.5 Å². The Hall–Kier alpha value is -1.75. The van der Waals surface area contributed by atoms with Crippen LogP contribution in [0, 0.1) is 0 Å². The van der Waals surface area contributed by atoms with E-state index in [1.165, 1.54) is 18.2 Å². The maximum atomic E-state index is 12.3. The van der Waals surface area contributed by atoms with E-state index in [9.17, 15) is 15.0 Å². The van der Waals surface area contributed by atoms with E-state index in [1.807, 2.05) is 13.8 Å². The zero-order valence-electron chi connectivity index (χ0n) is 10.6. The number of rotatable bonds is 1. The van der Waals surface area contributed by atoms with Crippen molar-refractivity contribution in [2.24, 2.45) is 0 Å². The lowest BCUT2D eigenvalue weighted by Gasteiger charge is -2.36. The van der Waals surface area contributed by atoms with E-state index < -0.39 is 0 Å². The molecule has 0 bridgehead atoms. The molecule has 1 aromatic rings. The highest BCUT2D eigenvalue weighted by molar-refractivity contribution is 5.95. The van der Waals surface area contributed by atoms with E-state index >= 15 is 0 Å². The Labute approximate surface area is 106 Å². The van der Waals surface area contributed by atoms with Gasteiger partial charge in [-0.2, -0.15) is 0 Å².